The van der Waals surface area contributed by atoms with Crippen molar-refractivity contribution in [2.45, 2.75) is 33.2 Å². The lowest BCUT2D eigenvalue weighted by Crippen LogP contribution is -2.50. The molecule has 2 fully saturated rings. The maximum absolute atomic E-state index is 13.4. The van der Waals surface area contributed by atoms with Crippen molar-refractivity contribution < 1.29 is 19.1 Å². The molecule has 196 valence electrons. The van der Waals surface area contributed by atoms with E-state index in [1.54, 1.807) is 4.90 Å². The Labute approximate surface area is 214 Å². The van der Waals surface area contributed by atoms with E-state index in [1.807, 2.05) is 34.1 Å². The quantitative estimate of drug-likeness (QED) is 0.462. The molecular formula is C28H40N4O4. The first-order chi connectivity index (χ1) is 17.4. The zero-order valence-electron chi connectivity index (χ0n) is 21.7. The zero-order valence-corrected chi connectivity index (χ0v) is 21.7. The van der Waals surface area contributed by atoms with Crippen LogP contribution >= 0.6 is 0 Å². The SMILES string of the molecule is CC(C)CN1CC(=O)N2CC[C@@H](CC(=O)N3CCN(C=O)CC3)[C@@H](/C=C\COc3ccccc3C1)C2. The minimum atomic E-state index is 0.112. The van der Waals surface area contributed by atoms with E-state index >= 15 is 0 Å². The predicted molar refractivity (Wildman–Crippen MR) is 138 cm³/mol. The average Bonchev–Trinajstić information content (AvgIpc) is 2.88. The molecule has 3 amide bonds. The summed E-state index contributed by atoms with van der Waals surface area (Å²) in [4.78, 5) is 45.3. The van der Waals surface area contributed by atoms with Crippen molar-refractivity contribution in [2.75, 3.05) is 59.0 Å². The van der Waals surface area contributed by atoms with Crippen LogP contribution in [-0.4, -0.2) is 96.8 Å². The molecule has 3 aliphatic heterocycles. The van der Waals surface area contributed by atoms with Gasteiger partial charge in [0, 0.05) is 64.3 Å². The van der Waals surface area contributed by atoms with E-state index < -0.39 is 0 Å². The van der Waals surface area contributed by atoms with Crippen molar-refractivity contribution in [1.29, 1.82) is 0 Å². The Bertz CT molecular complexity index is 941. The van der Waals surface area contributed by atoms with Gasteiger partial charge < -0.3 is 19.4 Å². The zero-order chi connectivity index (χ0) is 25.5. The molecule has 1 aromatic rings. The highest BCUT2D eigenvalue weighted by Gasteiger charge is 2.33. The lowest BCUT2D eigenvalue weighted by molar-refractivity contribution is -0.138. The number of hydrogen-bond acceptors (Lipinski definition) is 5. The minimum Gasteiger partial charge on any atom is -0.489 e. The van der Waals surface area contributed by atoms with Crippen LogP contribution in [0.15, 0.2) is 36.4 Å². The number of hydrogen-bond donors (Lipinski definition) is 0. The van der Waals surface area contributed by atoms with Crippen LogP contribution in [0.3, 0.4) is 0 Å². The van der Waals surface area contributed by atoms with E-state index in [0.29, 0.717) is 71.3 Å². The highest BCUT2D eigenvalue weighted by Crippen LogP contribution is 2.30. The maximum atomic E-state index is 13.4. The number of benzene rings is 1. The lowest BCUT2D eigenvalue weighted by Gasteiger charge is -2.39. The molecule has 0 unspecified atom stereocenters. The van der Waals surface area contributed by atoms with Gasteiger partial charge in [-0.25, -0.2) is 0 Å². The van der Waals surface area contributed by atoms with Gasteiger partial charge in [0.2, 0.25) is 18.2 Å². The van der Waals surface area contributed by atoms with Gasteiger partial charge in [-0.2, -0.15) is 0 Å². The van der Waals surface area contributed by atoms with Crippen LogP contribution < -0.4 is 4.74 Å². The van der Waals surface area contributed by atoms with Gasteiger partial charge in [0.05, 0.1) is 6.54 Å². The molecule has 0 spiro atoms. The summed E-state index contributed by atoms with van der Waals surface area (Å²) in [5, 5.41) is 0. The number of nitrogens with zero attached hydrogens (tertiary/aromatic N) is 4. The molecule has 2 saturated heterocycles. The molecule has 0 radical (unpaired) electrons. The van der Waals surface area contributed by atoms with Gasteiger partial charge in [-0.1, -0.05) is 44.2 Å². The molecule has 2 bridgehead atoms. The second kappa shape index (κ2) is 12.4. The first kappa shape index (κ1) is 26.2. The summed E-state index contributed by atoms with van der Waals surface area (Å²) < 4.78 is 6.13. The lowest BCUT2D eigenvalue weighted by atomic mass is 9.82. The van der Waals surface area contributed by atoms with Crippen molar-refractivity contribution in [3.63, 3.8) is 0 Å². The molecular weight excluding hydrogens is 456 g/mol. The number of ether oxygens (including phenoxy) is 1. The molecule has 4 rings (SSSR count). The molecule has 0 aromatic heterocycles. The maximum Gasteiger partial charge on any atom is 0.236 e. The summed E-state index contributed by atoms with van der Waals surface area (Å²) in [5.74, 6) is 1.90. The topological polar surface area (TPSA) is 73.4 Å². The van der Waals surface area contributed by atoms with E-state index in [4.69, 9.17) is 4.74 Å². The van der Waals surface area contributed by atoms with Crippen LogP contribution in [0.1, 0.15) is 32.3 Å². The van der Waals surface area contributed by atoms with Gasteiger partial charge in [0.15, 0.2) is 0 Å². The molecule has 3 heterocycles. The monoisotopic (exact) mass is 496 g/mol. The second-order valence-corrected chi connectivity index (χ2v) is 10.7. The molecule has 0 N–H and O–H groups in total. The number of amides is 3. The van der Waals surface area contributed by atoms with Crippen LogP contribution in [0.25, 0.3) is 0 Å². The Kier molecular flexibility index (Phi) is 9.02. The van der Waals surface area contributed by atoms with Crippen molar-refractivity contribution in [1.82, 2.24) is 19.6 Å². The molecule has 2 atom stereocenters. The molecule has 0 aliphatic carbocycles. The molecule has 36 heavy (non-hydrogen) atoms. The Morgan fingerprint density at radius 3 is 2.64 bits per heavy atom. The molecule has 8 nitrogen and oxygen atoms in total. The smallest absolute Gasteiger partial charge is 0.236 e. The number of fused-ring (bicyclic) bond motifs is 3. The van der Waals surface area contributed by atoms with Crippen LogP contribution in [0.2, 0.25) is 0 Å². The number of carbonyl (C=O) groups is 3. The number of carbonyl (C=O) groups excluding carboxylic acids is 3. The minimum absolute atomic E-state index is 0.112. The second-order valence-electron chi connectivity index (χ2n) is 10.7. The third kappa shape index (κ3) is 6.87. The summed E-state index contributed by atoms with van der Waals surface area (Å²) in [6, 6.07) is 8.06. The highest BCUT2D eigenvalue weighted by atomic mass is 16.5. The van der Waals surface area contributed by atoms with Gasteiger partial charge in [-0.15, -0.1) is 0 Å². The highest BCUT2D eigenvalue weighted by molar-refractivity contribution is 5.79. The third-order valence-corrected chi connectivity index (χ3v) is 7.48. The fourth-order valence-electron chi connectivity index (χ4n) is 5.54. The Hall–Kier alpha value is -2.87. The first-order valence-electron chi connectivity index (χ1n) is 13.3. The third-order valence-electron chi connectivity index (χ3n) is 7.48. The Morgan fingerprint density at radius 1 is 1.11 bits per heavy atom. The van der Waals surface area contributed by atoms with E-state index in [-0.39, 0.29) is 23.7 Å². The van der Waals surface area contributed by atoms with E-state index in [1.165, 1.54) is 0 Å². The van der Waals surface area contributed by atoms with E-state index in [9.17, 15) is 14.4 Å². The largest absolute Gasteiger partial charge is 0.489 e. The summed E-state index contributed by atoms with van der Waals surface area (Å²) in [7, 11) is 0. The molecule has 1 aromatic carbocycles. The van der Waals surface area contributed by atoms with Gasteiger partial charge in [0.25, 0.3) is 0 Å². The van der Waals surface area contributed by atoms with Gasteiger partial charge in [-0.3, -0.25) is 19.3 Å². The van der Waals surface area contributed by atoms with Crippen LogP contribution in [-0.2, 0) is 20.9 Å². The van der Waals surface area contributed by atoms with Gasteiger partial charge in [0.1, 0.15) is 12.4 Å². The predicted octanol–water partition coefficient (Wildman–Crippen LogP) is 2.25. The number of rotatable bonds is 5. The van der Waals surface area contributed by atoms with Crippen LogP contribution in [0.5, 0.6) is 5.75 Å². The number of piperidine rings is 1. The van der Waals surface area contributed by atoms with E-state index in [0.717, 1.165) is 30.7 Å². The van der Waals surface area contributed by atoms with Crippen LogP contribution in [0, 0.1) is 17.8 Å². The Morgan fingerprint density at radius 2 is 1.89 bits per heavy atom. The standard InChI is InChI=1S/C28H40N4O4/c1-22(2)17-30-18-25-6-3-4-8-26(25)36-15-5-7-24-19-32(28(35)20-30)10-9-23(24)16-27(34)31-13-11-29(21-33)12-14-31/h3-8,21-24H,9-20H2,1-2H3/b7-5-/t23-,24-/m0/s1. The fourth-order valence-corrected chi connectivity index (χ4v) is 5.54. The summed E-state index contributed by atoms with van der Waals surface area (Å²) >= 11 is 0. The molecule has 8 heteroatoms. The van der Waals surface area contributed by atoms with Crippen molar-refractivity contribution >= 4 is 18.2 Å². The van der Waals surface area contributed by atoms with Crippen LogP contribution in [0.4, 0.5) is 0 Å². The summed E-state index contributed by atoms with van der Waals surface area (Å²) in [5.41, 5.74) is 1.09. The number of para-hydroxylation sites is 1. The summed E-state index contributed by atoms with van der Waals surface area (Å²) in [6.45, 7) is 10.4. The first-order valence-corrected chi connectivity index (χ1v) is 13.3. The Balaban J connectivity index is 1.48. The van der Waals surface area contributed by atoms with E-state index in [2.05, 4.69) is 30.9 Å². The fraction of sp³-hybridized carbons (Fsp3) is 0.607. The van der Waals surface area contributed by atoms with Gasteiger partial charge >= 0.3 is 0 Å². The average molecular weight is 497 g/mol. The number of piperazine rings is 1. The van der Waals surface area contributed by atoms with Crippen molar-refractivity contribution in [3.05, 3.63) is 42.0 Å². The molecule has 0 saturated carbocycles. The van der Waals surface area contributed by atoms with Crippen molar-refractivity contribution in [2.24, 2.45) is 17.8 Å². The van der Waals surface area contributed by atoms with Gasteiger partial charge in [-0.05, 0) is 30.2 Å². The normalized spacial score (nSPS) is 24.8. The van der Waals surface area contributed by atoms with Crippen molar-refractivity contribution in [3.8, 4) is 5.75 Å². The molecule has 3 aliphatic rings. The summed E-state index contributed by atoms with van der Waals surface area (Å²) in [6.07, 6.45) is 6.33.